The van der Waals surface area contributed by atoms with E-state index in [0.29, 0.717) is 0 Å². The van der Waals surface area contributed by atoms with Crippen LogP contribution < -0.4 is 10.1 Å². The number of methoxy groups -OCH3 is 1. The van der Waals surface area contributed by atoms with Gasteiger partial charge in [-0.1, -0.05) is 30.6 Å². The lowest BCUT2D eigenvalue weighted by atomic mass is 10.1. The van der Waals surface area contributed by atoms with E-state index in [1.54, 1.807) is 7.11 Å². The third kappa shape index (κ3) is 4.93. The summed E-state index contributed by atoms with van der Waals surface area (Å²) in [4.78, 5) is 0. The Bertz CT molecular complexity index is 677. The van der Waals surface area contributed by atoms with E-state index >= 15 is 0 Å². The largest absolute Gasteiger partial charge is 0.497 e. The number of hydrogen-bond donors (Lipinski definition) is 1. The highest BCUT2D eigenvalue weighted by Crippen LogP contribution is 2.11. The number of hydrogen-bond acceptors (Lipinski definition) is 2. The first-order chi connectivity index (χ1) is 10.3. The third-order valence-corrected chi connectivity index (χ3v) is 2.76. The van der Waals surface area contributed by atoms with Gasteiger partial charge in [0.1, 0.15) is 5.75 Å². The van der Waals surface area contributed by atoms with Gasteiger partial charge in [-0.15, -0.1) is 0 Å². The molecule has 0 atom stereocenters. The summed E-state index contributed by atoms with van der Waals surface area (Å²) in [7, 11) is 1.65. The van der Waals surface area contributed by atoms with Crippen molar-refractivity contribution in [2.45, 2.75) is 0 Å². The Hall–Kier alpha value is -2.92. The molecule has 0 saturated heterocycles. The average Bonchev–Trinajstić information content (AvgIpc) is 2.52. The van der Waals surface area contributed by atoms with Crippen LogP contribution in [0.5, 0.6) is 5.75 Å². The molecule has 0 radical (unpaired) electrons. The van der Waals surface area contributed by atoms with Gasteiger partial charge in [0.2, 0.25) is 0 Å². The van der Waals surface area contributed by atoms with Crippen molar-refractivity contribution in [2.24, 2.45) is 0 Å². The first-order valence-electron chi connectivity index (χ1n) is 6.60. The van der Waals surface area contributed by atoms with Gasteiger partial charge in [0.25, 0.3) is 0 Å². The molecule has 1 aliphatic rings. The van der Waals surface area contributed by atoms with Gasteiger partial charge < -0.3 is 10.1 Å². The summed E-state index contributed by atoms with van der Waals surface area (Å²) in [6, 6.07) is 7.67. The van der Waals surface area contributed by atoms with Gasteiger partial charge in [0, 0.05) is 23.5 Å². The highest BCUT2D eigenvalue weighted by molar-refractivity contribution is 5.50. The Balaban J connectivity index is 2.21. The molecule has 1 heterocycles. The number of rotatable bonds is 1. The van der Waals surface area contributed by atoms with E-state index in [1.165, 1.54) is 0 Å². The lowest BCUT2D eigenvalue weighted by Crippen LogP contribution is -1.92. The number of nitrogens with one attached hydrogen (secondary N) is 1. The highest BCUT2D eigenvalue weighted by atomic mass is 16.5. The van der Waals surface area contributed by atoms with Gasteiger partial charge in [-0.3, -0.25) is 0 Å². The monoisotopic (exact) mass is 275 g/mol. The Morgan fingerprint density at radius 2 is 1.81 bits per heavy atom. The maximum absolute atomic E-state index is 5.13. The fourth-order valence-corrected chi connectivity index (χ4v) is 1.68. The van der Waals surface area contributed by atoms with E-state index < -0.39 is 0 Å². The topological polar surface area (TPSA) is 21.3 Å². The summed E-state index contributed by atoms with van der Waals surface area (Å²) in [5, 5.41) is 3.05. The number of ether oxygens (including phenoxy) is 1. The maximum atomic E-state index is 5.13. The lowest BCUT2D eigenvalue weighted by Gasteiger charge is -1.98. The van der Waals surface area contributed by atoms with Crippen LogP contribution in [0, 0.1) is 11.8 Å². The molecule has 1 aromatic carbocycles. The summed E-state index contributed by atoms with van der Waals surface area (Å²) in [6.07, 6.45) is 13.3. The minimum Gasteiger partial charge on any atom is -0.497 e. The Kier molecular flexibility index (Phi) is 5.25. The summed E-state index contributed by atoms with van der Waals surface area (Å²) < 4.78 is 5.13. The molecule has 1 N–H and O–H groups in total. The molecule has 21 heavy (non-hydrogen) atoms. The molecule has 0 aliphatic carbocycles. The first kappa shape index (κ1) is 14.5. The minimum atomic E-state index is 0.827. The van der Waals surface area contributed by atoms with E-state index in [4.69, 9.17) is 4.74 Å². The fourth-order valence-electron chi connectivity index (χ4n) is 1.68. The summed E-state index contributed by atoms with van der Waals surface area (Å²) in [5.41, 5.74) is 2.74. The molecular weight excluding hydrogens is 258 g/mol. The minimum absolute atomic E-state index is 0.827. The Labute approximate surface area is 125 Å². The van der Waals surface area contributed by atoms with Crippen molar-refractivity contribution in [1.29, 1.82) is 0 Å². The van der Waals surface area contributed by atoms with Crippen molar-refractivity contribution in [2.75, 3.05) is 7.11 Å². The van der Waals surface area contributed by atoms with Crippen molar-refractivity contribution in [3.63, 3.8) is 0 Å². The molecule has 0 unspecified atom stereocenters. The Morgan fingerprint density at radius 3 is 2.57 bits per heavy atom. The second-order valence-electron chi connectivity index (χ2n) is 4.37. The zero-order chi connectivity index (χ0) is 14.9. The van der Waals surface area contributed by atoms with Crippen LogP contribution in [-0.2, 0) is 0 Å². The van der Waals surface area contributed by atoms with Gasteiger partial charge in [0.05, 0.1) is 7.11 Å². The molecule has 0 fully saturated rings. The number of allylic oxidation sites excluding steroid dienone is 7. The standard InChI is InChI=1S/C19H17NO/c1-16-5-3-4-13-20-14-12-18(15-16)7-6-17-8-10-19(21-2)11-9-17/h3-5,8-15,20H,1H2,2H3. The van der Waals surface area contributed by atoms with Gasteiger partial charge in [-0.25, -0.2) is 0 Å². The van der Waals surface area contributed by atoms with Crippen molar-refractivity contribution in [3.8, 4) is 17.6 Å². The van der Waals surface area contributed by atoms with E-state index in [2.05, 4.69) is 23.7 Å². The quantitative estimate of drug-likeness (QED) is 0.789. The second-order valence-corrected chi connectivity index (χ2v) is 4.37. The van der Waals surface area contributed by atoms with E-state index in [0.717, 1.165) is 22.5 Å². The smallest absolute Gasteiger partial charge is 0.118 e. The molecule has 2 heteroatoms. The summed E-state index contributed by atoms with van der Waals surface area (Å²) in [6.45, 7) is 3.98. The van der Waals surface area contributed by atoms with E-state index in [1.807, 2.05) is 67.0 Å². The van der Waals surface area contributed by atoms with Gasteiger partial charge in [0.15, 0.2) is 0 Å². The molecular formula is C19H17NO. The SMILES string of the molecule is C=C1C=CC=CNC=CC(C#Cc2ccc(OC)cc2)=C1. The van der Waals surface area contributed by atoms with Gasteiger partial charge >= 0.3 is 0 Å². The van der Waals surface area contributed by atoms with Crippen LogP contribution >= 0.6 is 0 Å². The third-order valence-electron chi connectivity index (χ3n) is 2.76. The molecule has 0 bridgehead atoms. The highest BCUT2D eigenvalue weighted by Gasteiger charge is 1.92. The molecule has 2 nitrogen and oxygen atoms in total. The zero-order valence-corrected chi connectivity index (χ0v) is 12.0. The lowest BCUT2D eigenvalue weighted by molar-refractivity contribution is 0.415. The maximum Gasteiger partial charge on any atom is 0.118 e. The van der Waals surface area contributed by atoms with Crippen LogP contribution in [0.1, 0.15) is 5.56 Å². The molecule has 0 spiro atoms. The van der Waals surface area contributed by atoms with Crippen molar-refractivity contribution >= 4 is 0 Å². The fraction of sp³-hybridized carbons (Fsp3) is 0.0526. The van der Waals surface area contributed by atoms with E-state index in [-0.39, 0.29) is 0 Å². The normalized spacial score (nSPS) is 13.8. The molecule has 1 aliphatic heterocycles. The molecule has 0 aromatic heterocycles. The second kappa shape index (κ2) is 7.62. The van der Waals surface area contributed by atoms with Crippen molar-refractivity contribution in [1.82, 2.24) is 5.32 Å². The summed E-state index contributed by atoms with van der Waals surface area (Å²) in [5.74, 6) is 7.11. The zero-order valence-electron chi connectivity index (χ0n) is 12.0. The Morgan fingerprint density at radius 1 is 1.00 bits per heavy atom. The van der Waals surface area contributed by atoms with Crippen LogP contribution in [-0.4, -0.2) is 7.11 Å². The van der Waals surface area contributed by atoms with Crippen LogP contribution in [0.2, 0.25) is 0 Å². The summed E-state index contributed by atoms with van der Waals surface area (Å²) >= 11 is 0. The molecule has 0 saturated carbocycles. The number of benzene rings is 1. The van der Waals surface area contributed by atoms with Gasteiger partial charge in [-0.05, 0) is 48.1 Å². The van der Waals surface area contributed by atoms with Crippen molar-refractivity contribution < 1.29 is 4.74 Å². The average molecular weight is 275 g/mol. The van der Waals surface area contributed by atoms with Crippen LogP contribution in [0.4, 0.5) is 0 Å². The molecule has 2 rings (SSSR count). The van der Waals surface area contributed by atoms with E-state index in [9.17, 15) is 0 Å². The predicted octanol–water partition coefficient (Wildman–Crippen LogP) is 3.72. The molecule has 0 amide bonds. The van der Waals surface area contributed by atoms with Gasteiger partial charge in [-0.2, -0.15) is 0 Å². The van der Waals surface area contributed by atoms with Crippen LogP contribution in [0.3, 0.4) is 0 Å². The first-order valence-corrected chi connectivity index (χ1v) is 6.60. The molecule has 1 aromatic rings. The molecule has 104 valence electrons. The van der Waals surface area contributed by atoms with Crippen LogP contribution in [0.15, 0.2) is 84.8 Å². The van der Waals surface area contributed by atoms with Crippen LogP contribution in [0.25, 0.3) is 0 Å². The van der Waals surface area contributed by atoms with Crippen molar-refractivity contribution in [3.05, 3.63) is 90.3 Å². The predicted molar refractivity (Wildman–Crippen MR) is 87.7 cm³/mol.